The Kier molecular flexibility index (Phi) is 4.63. The first-order valence-corrected chi connectivity index (χ1v) is 8.47. The van der Waals surface area contributed by atoms with Crippen LogP contribution in [0.15, 0.2) is 77.6 Å². The van der Waals surface area contributed by atoms with Crippen molar-refractivity contribution in [2.45, 2.75) is 6.73 Å². The van der Waals surface area contributed by atoms with Crippen molar-refractivity contribution in [2.75, 3.05) is 0 Å². The number of hydrogen-bond donors (Lipinski definition) is 0. The molecule has 3 aromatic carbocycles. The van der Waals surface area contributed by atoms with Gasteiger partial charge in [0.1, 0.15) is 17.1 Å². The standard InChI is InChI=1S/C21H14FN3O3/c22-16-9-5-14(6-10-16)20(26)15-7-11-17(12-8-15)28-13-25-21(27)18-3-1-2-4-19(18)23-24-25/h1-12H,13H2. The lowest BCUT2D eigenvalue weighted by molar-refractivity contribution is 0.103. The molecule has 4 rings (SSSR count). The van der Waals surface area contributed by atoms with Gasteiger partial charge >= 0.3 is 0 Å². The minimum Gasteiger partial charge on any atom is -0.471 e. The fourth-order valence-electron chi connectivity index (χ4n) is 2.71. The third-order valence-electron chi connectivity index (χ3n) is 4.21. The van der Waals surface area contributed by atoms with Crippen LogP contribution < -0.4 is 10.3 Å². The molecular formula is C21H14FN3O3. The van der Waals surface area contributed by atoms with E-state index in [9.17, 15) is 14.0 Å². The number of rotatable bonds is 5. The second kappa shape index (κ2) is 7.40. The van der Waals surface area contributed by atoms with Gasteiger partial charge < -0.3 is 4.74 Å². The van der Waals surface area contributed by atoms with Crippen LogP contribution in [0.5, 0.6) is 5.75 Å². The first-order chi connectivity index (χ1) is 13.6. The van der Waals surface area contributed by atoms with Crippen LogP contribution in [0.2, 0.25) is 0 Å². The Hall–Kier alpha value is -3.87. The summed E-state index contributed by atoms with van der Waals surface area (Å²) in [5.41, 5.74) is 1.07. The average Bonchev–Trinajstić information content (AvgIpc) is 2.74. The molecule has 0 aliphatic heterocycles. The Bertz CT molecular complexity index is 1200. The van der Waals surface area contributed by atoms with E-state index in [2.05, 4.69) is 10.3 Å². The number of fused-ring (bicyclic) bond motifs is 1. The maximum Gasteiger partial charge on any atom is 0.280 e. The molecule has 0 unspecified atom stereocenters. The molecule has 6 nitrogen and oxygen atoms in total. The summed E-state index contributed by atoms with van der Waals surface area (Å²) >= 11 is 0. The Morgan fingerprint density at radius 1 is 0.929 bits per heavy atom. The summed E-state index contributed by atoms with van der Waals surface area (Å²) < 4.78 is 19.7. The van der Waals surface area contributed by atoms with Crippen molar-refractivity contribution in [3.63, 3.8) is 0 Å². The molecule has 1 aromatic heterocycles. The summed E-state index contributed by atoms with van der Waals surface area (Å²) in [4.78, 5) is 24.8. The van der Waals surface area contributed by atoms with Crippen molar-refractivity contribution in [3.8, 4) is 5.75 Å². The molecule has 7 heteroatoms. The van der Waals surface area contributed by atoms with E-state index in [1.54, 1.807) is 48.5 Å². The Morgan fingerprint density at radius 2 is 1.57 bits per heavy atom. The largest absolute Gasteiger partial charge is 0.471 e. The van der Waals surface area contributed by atoms with Crippen LogP contribution in [0.1, 0.15) is 15.9 Å². The van der Waals surface area contributed by atoms with Crippen LogP contribution in [0, 0.1) is 5.82 Å². The van der Waals surface area contributed by atoms with Crippen LogP contribution in [0.25, 0.3) is 10.9 Å². The van der Waals surface area contributed by atoms with Gasteiger partial charge in [0.2, 0.25) is 0 Å². The van der Waals surface area contributed by atoms with Gasteiger partial charge in [-0.2, -0.15) is 4.68 Å². The highest BCUT2D eigenvalue weighted by atomic mass is 19.1. The highest BCUT2D eigenvalue weighted by Gasteiger charge is 2.10. The number of hydrogen-bond acceptors (Lipinski definition) is 5. The highest BCUT2D eigenvalue weighted by Crippen LogP contribution is 2.16. The molecule has 0 radical (unpaired) electrons. The number of ketones is 1. The fourth-order valence-corrected chi connectivity index (χ4v) is 2.71. The molecule has 0 fully saturated rings. The second-order valence-electron chi connectivity index (χ2n) is 6.05. The summed E-state index contributed by atoms with van der Waals surface area (Å²) in [5.74, 6) is -0.145. The fraction of sp³-hybridized carbons (Fsp3) is 0.0476. The van der Waals surface area contributed by atoms with Crippen LogP contribution >= 0.6 is 0 Å². The molecule has 1 heterocycles. The Labute approximate surface area is 158 Å². The summed E-state index contributed by atoms with van der Waals surface area (Å²) in [6, 6.07) is 18.8. The molecule has 4 aromatic rings. The van der Waals surface area contributed by atoms with Gasteiger partial charge in [-0.3, -0.25) is 9.59 Å². The number of halogens is 1. The normalized spacial score (nSPS) is 10.8. The zero-order valence-corrected chi connectivity index (χ0v) is 14.6. The number of aromatic nitrogens is 3. The summed E-state index contributed by atoms with van der Waals surface area (Å²) in [7, 11) is 0. The van der Waals surface area contributed by atoms with Gasteiger partial charge in [0.25, 0.3) is 5.56 Å². The number of nitrogens with zero attached hydrogens (tertiary/aromatic N) is 3. The molecule has 0 spiro atoms. The van der Waals surface area contributed by atoms with Crippen LogP contribution in [-0.2, 0) is 6.73 Å². The van der Waals surface area contributed by atoms with Crippen LogP contribution in [0.3, 0.4) is 0 Å². The summed E-state index contributed by atoms with van der Waals surface area (Å²) in [5, 5.41) is 8.31. The van der Waals surface area contributed by atoms with Crippen molar-refractivity contribution in [1.82, 2.24) is 15.0 Å². The van der Waals surface area contributed by atoms with Gasteiger partial charge in [0.05, 0.1) is 5.39 Å². The van der Waals surface area contributed by atoms with Gasteiger partial charge in [0, 0.05) is 11.1 Å². The van der Waals surface area contributed by atoms with Crippen molar-refractivity contribution in [1.29, 1.82) is 0 Å². The minimum absolute atomic E-state index is 0.109. The maximum absolute atomic E-state index is 13.0. The Morgan fingerprint density at radius 3 is 2.29 bits per heavy atom. The molecule has 0 saturated carbocycles. The summed E-state index contributed by atoms with van der Waals surface area (Å²) in [6.45, 7) is -0.109. The molecule has 138 valence electrons. The van der Waals surface area contributed by atoms with Crippen LogP contribution in [0.4, 0.5) is 4.39 Å². The van der Waals surface area contributed by atoms with Crippen molar-refractivity contribution < 1.29 is 13.9 Å². The molecular weight excluding hydrogens is 361 g/mol. The van der Waals surface area contributed by atoms with Gasteiger partial charge in [-0.05, 0) is 60.7 Å². The van der Waals surface area contributed by atoms with E-state index >= 15 is 0 Å². The van der Waals surface area contributed by atoms with E-state index in [4.69, 9.17) is 4.74 Å². The lowest BCUT2D eigenvalue weighted by atomic mass is 10.0. The van der Waals surface area contributed by atoms with Gasteiger partial charge in [0.15, 0.2) is 12.5 Å². The molecule has 0 atom stereocenters. The topological polar surface area (TPSA) is 74.1 Å². The lowest BCUT2D eigenvalue weighted by Crippen LogP contribution is -2.26. The summed E-state index contributed by atoms with van der Waals surface area (Å²) in [6.07, 6.45) is 0. The van der Waals surface area contributed by atoms with Crippen molar-refractivity contribution in [3.05, 3.63) is 100 Å². The van der Waals surface area contributed by atoms with Gasteiger partial charge in [-0.25, -0.2) is 4.39 Å². The average molecular weight is 375 g/mol. The molecule has 0 aliphatic rings. The lowest BCUT2D eigenvalue weighted by Gasteiger charge is -2.08. The van der Waals surface area contributed by atoms with E-state index in [-0.39, 0.29) is 18.1 Å². The van der Waals surface area contributed by atoms with Crippen molar-refractivity contribution >= 4 is 16.7 Å². The predicted molar refractivity (Wildman–Crippen MR) is 101 cm³/mol. The first-order valence-electron chi connectivity index (χ1n) is 8.47. The number of benzene rings is 3. The third-order valence-corrected chi connectivity index (χ3v) is 4.21. The van der Waals surface area contributed by atoms with E-state index < -0.39 is 5.82 Å². The molecule has 0 aliphatic carbocycles. The number of carbonyl (C=O) groups excluding carboxylic acids is 1. The smallest absolute Gasteiger partial charge is 0.280 e. The van der Waals surface area contributed by atoms with Gasteiger partial charge in [-0.1, -0.05) is 17.3 Å². The first kappa shape index (κ1) is 17.5. The molecule has 0 saturated heterocycles. The number of carbonyl (C=O) groups is 1. The Balaban J connectivity index is 1.48. The third kappa shape index (κ3) is 3.50. The predicted octanol–water partition coefficient (Wildman–Crippen LogP) is 3.20. The zero-order valence-electron chi connectivity index (χ0n) is 14.6. The molecule has 0 N–H and O–H groups in total. The zero-order chi connectivity index (χ0) is 19.5. The molecule has 0 bridgehead atoms. The van der Waals surface area contributed by atoms with Crippen molar-refractivity contribution in [2.24, 2.45) is 0 Å². The van der Waals surface area contributed by atoms with E-state index in [1.165, 1.54) is 24.3 Å². The van der Waals surface area contributed by atoms with Crippen LogP contribution in [-0.4, -0.2) is 20.8 Å². The molecule has 0 amide bonds. The molecule has 28 heavy (non-hydrogen) atoms. The van der Waals surface area contributed by atoms with Gasteiger partial charge in [-0.15, -0.1) is 5.10 Å². The quantitative estimate of drug-likeness (QED) is 0.501. The monoisotopic (exact) mass is 375 g/mol. The van der Waals surface area contributed by atoms with E-state index in [0.717, 1.165) is 4.68 Å². The second-order valence-corrected chi connectivity index (χ2v) is 6.05. The van der Waals surface area contributed by atoms with E-state index in [0.29, 0.717) is 27.8 Å². The highest BCUT2D eigenvalue weighted by molar-refractivity contribution is 6.09. The SMILES string of the molecule is O=C(c1ccc(F)cc1)c1ccc(OCn2nnc3ccccc3c2=O)cc1. The maximum atomic E-state index is 13.0. The van der Waals surface area contributed by atoms with E-state index in [1.807, 2.05) is 0 Å². The minimum atomic E-state index is -0.396. The number of ether oxygens (including phenoxy) is 1.